The predicted molar refractivity (Wildman–Crippen MR) is 93.6 cm³/mol. The normalized spacial score (nSPS) is 19.7. The summed E-state index contributed by atoms with van der Waals surface area (Å²) >= 11 is 0. The molecule has 0 unspecified atom stereocenters. The number of carbonyl (C=O) groups excluding carboxylic acids is 2. The molecule has 1 amide bonds. The number of benzene rings is 1. The van der Waals surface area contributed by atoms with Crippen LogP contribution in [0.2, 0.25) is 0 Å². The molecule has 0 aliphatic carbocycles. The molecule has 0 bridgehead atoms. The molecule has 8 nitrogen and oxygen atoms in total. The number of methoxy groups -OCH3 is 2. The van der Waals surface area contributed by atoms with Crippen molar-refractivity contribution in [2.75, 3.05) is 20.8 Å². The van der Waals surface area contributed by atoms with E-state index in [2.05, 4.69) is 4.98 Å². The zero-order chi connectivity index (χ0) is 18.7. The topological polar surface area (TPSA) is 90.7 Å². The van der Waals surface area contributed by atoms with E-state index in [-0.39, 0.29) is 30.5 Å². The Balaban J connectivity index is 1.73. The summed E-state index contributed by atoms with van der Waals surface area (Å²) in [5, 5.41) is 0.510. The summed E-state index contributed by atoms with van der Waals surface area (Å²) < 4.78 is 11.5. The number of hydrogen-bond acceptors (Lipinski definition) is 6. The van der Waals surface area contributed by atoms with Gasteiger partial charge in [-0.1, -0.05) is 12.1 Å². The van der Waals surface area contributed by atoms with Gasteiger partial charge in [-0.3, -0.25) is 14.2 Å². The second kappa shape index (κ2) is 7.65. The molecule has 0 spiro atoms. The summed E-state index contributed by atoms with van der Waals surface area (Å²) in [5.74, 6) is -0.678. The van der Waals surface area contributed by atoms with Gasteiger partial charge in [-0.15, -0.1) is 0 Å². The maximum atomic E-state index is 12.6. The Morgan fingerprint density at radius 3 is 2.77 bits per heavy atom. The van der Waals surface area contributed by atoms with Crippen molar-refractivity contribution in [1.29, 1.82) is 0 Å². The maximum Gasteiger partial charge on any atom is 0.328 e. The summed E-state index contributed by atoms with van der Waals surface area (Å²) in [6, 6.07) is 6.41. The fourth-order valence-electron chi connectivity index (χ4n) is 3.23. The SMILES string of the molecule is COC(=O)[C@@H]1C[C@H](OC)CN1C(=O)CCn1cnc2ccccc2c1=O. The first-order chi connectivity index (χ1) is 12.5. The first kappa shape index (κ1) is 18.1. The number of aromatic nitrogens is 2. The zero-order valence-electron chi connectivity index (χ0n) is 14.8. The quantitative estimate of drug-likeness (QED) is 0.725. The average molecular weight is 359 g/mol. The number of rotatable bonds is 5. The summed E-state index contributed by atoms with van der Waals surface area (Å²) in [5.41, 5.74) is 0.428. The first-order valence-electron chi connectivity index (χ1n) is 8.39. The van der Waals surface area contributed by atoms with Gasteiger partial charge in [-0.25, -0.2) is 9.78 Å². The van der Waals surface area contributed by atoms with Crippen molar-refractivity contribution in [2.24, 2.45) is 0 Å². The number of esters is 1. The van der Waals surface area contributed by atoms with Gasteiger partial charge in [0, 0.05) is 33.0 Å². The predicted octanol–water partition coefficient (Wildman–Crippen LogP) is 0.575. The molecule has 1 aliphatic heterocycles. The van der Waals surface area contributed by atoms with Crippen LogP contribution in [0.15, 0.2) is 35.4 Å². The largest absolute Gasteiger partial charge is 0.467 e. The third-order valence-electron chi connectivity index (χ3n) is 4.69. The number of likely N-dealkylation sites (tertiary alicyclic amines) is 1. The minimum Gasteiger partial charge on any atom is -0.467 e. The van der Waals surface area contributed by atoms with E-state index in [4.69, 9.17) is 9.47 Å². The molecule has 1 aliphatic rings. The number of carbonyl (C=O) groups is 2. The lowest BCUT2D eigenvalue weighted by molar-refractivity contribution is -0.151. The molecule has 0 radical (unpaired) electrons. The van der Waals surface area contributed by atoms with E-state index in [0.29, 0.717) is 23.9 Å². The standard InChI is InChI=1S/C18H21N3O5/c1-25-12-9-15(18(24)26-2)21(10-12)16(22)7-8-20-11-19-14-6-4-3-5-13(14)17(20)23/h3-6,11-12,15H,7-10H2,1-2H3/t12-,15-/m0/s1. The van der Waals surface area contributed by atoms with Crippen LogP contribution in [0.5, 0.6) is 0 Å². The number of ether oxygens (including phenoxy) is 2. The maximum absolute atomic E-state index is 12.6. The summed E-state index contributed by atoms with van der Waals surface area (Å²) in [7, 11) is 2.85. The molecule has 2 heterocycles. The molecule has 1 saturated heterocycles. The van der Waals surface area contributed by atoms with E-state index in [1.54, 1.807) is 25.3 Å². The number of fused-ring (bicyclic) bond motifs is 1. The van der Waals surface area contributed by atoms with Crippen molar-refractivity contribution in [3.05, 3.63) is 40.9 Å². The van der Waals surface area contributed by atoms with Gasteiger partial charge < -0.3 is 14.4 Å². The van der Waals surface area contributed by atoms with E-state index >= 15 is 0 Å². The smallest absolute Gasteiger partial charge is 0.328 e. The Labute approximate surface area is 150 Å². The molecule has 0 saturated carbocycles. The Bertz CT molecular complexity index is 879. The molecule has 26 heavy (non-hydrogen) atoms. The second-order valence-electron chi connectivity index (χ2n) is 6.19. The molecule has 1 fully saturated rings. The van der Waals surface area contributed by atoms with Crippen LogP contribution < -0.4 is 5.56 Å². The summed E-state index contributed by atoms with van der Waals surface area (Å²) in [6.07, 6.45) is 1.74. The van der Waals surface area contributed by atoms with Crippen LogP contribution in [0.1, 0.15) is 12.8 Å². The Morgan fingerprint density at radius 2 is 2.04 bits per heavy atom. The lowest BCUT2D eigenvalue weighted by Gasteiger charge is -2.22. The van der Waals surface area contributed by atoms with E-state index in [1.807, 2.05) is 6.07 Å². The van der Waals surface area contributed by atoms with Crippen LogP contribution in [0.3, 0.4) is 0 Å². The van der Waals surface area contributed by atoms with Gasteiger partial charge in [0.15, 0.2) is 0 Å². The minimum absolute atomic E-state index is 0.0872. The lowest BCUT2D eigenvalue weighted by atomic mass is 10.2. The molecular weight excluding hydrogens is 338 g/mol. The number of para-hydroxylation sites is 1. The van der Waals surface area contributed by atoms with Crippen LogP contribution in [-0.4, -0.2) is 59.2 Å². The van der Waals surface area contributed by atoms with Gasteiger partial charge in [0.25, 0.3) is 5.56 Å². The highest BCUT2D eigenvalue weighted by atomic mass is 16.5. The van der Waals surface area contributed by atoms with Crippen molar-refractivity contribution >= 4 is 22.8 Å². The Morgan fingerprint density at radius 1 is 1.27 bits per heavy atom. The molecule has 1 aromatic carbocycles. The number of aryl methyl sites for hydroxylation is 1. The molecule has 2 atom stereocenters. The van der Waals surface area contributed by atoms with Gasteiger partial charge in [0.2, 0.25) is 5.91 Å². The first-order valence-corrected chi connectivity index (χ1v) is 8.39. The molecule has 2 aromatic rings. The summed E-state index contributed by atoms with van der Waals surface area (Å²) in [4.78, 5) is 42.7. The van der Waals surface area contributed by atoms with Gasteiger partial charge in [-0.2, -0.15) is 0 Å². The number of nitrogens with zero attached hydrogens (tertiary/aromatic N) is 3. The van der Waals surface area contributed by atoms with Crippen LogP contribution in [0.4, 0.5) is 0 Å². The zero-order valence-corrected chi connectivity index (χ0v) is 14.8. The molecule has 8 heteroatoms. The monoisotopic (exact) mass is 359 g/mol. The van der Waals surface area contributed by atoms with Crippen molar-refractivity contribution in [2.45, 2.75) is 31.5 Å². The Kier molecular flexibility index (Phi) is 5.32. The van der Waals surface area contributed by atoms with Crippen molar-refractivity contribution in [3.8, 4) is 0 Å². The highest BCUT2D eigenvalue weighted by molar-refractivity contribution is 5.85. The Hall–Kier alpha value is -2.74. The van der Waals surface area contributed by atoms with Crippen molar-refractivity contribution < 1.29 is 19.1 Å². The fraction of sp³-hybridized carbons (Fsp3) is 0.444. The third-order valence-corrected chi connectivity index (χ3v) is 4.69. The molecule has 1 aromatic heterocycles. The fourth-order valence-corrected chi connectivity index (χ4v) is 3.23. The number of amides is 1. The van der Waals surface area contributed by atoms with Crippen molar-refractivity contribution in [1.82, 2.24) is 14.5 Å². The molecular formula is C18H21N3O5. The van der Waals surface area contributed by atoms with E-state index < -0.39 is 12.0 Å². The van der Waals surface area contributed by atoms with Crippen molar-refractivity contribution in [3.63, 3.8) is 0 Å². The highest BCUT2D eigenvalue weighted by Crippen LogP contribution is 2.22. The second-order valence-corrected chi connectivity index (χ2v) is 6.19. The van der Waals surface area contributed by atoms with Gasteiger partial charge >= 0.3 is 5.97 Å². The summed E-state index contributed by atoms with van der Waals surface area (Å²) in [6.45, 7) is 0.525. The van der Waals surface area contributed by atoms with Crippen LogP contribution in [0.25, 0.3) is 10.9 Å². The molecule has 0 N–H and O–H groups in total. The van der Waals surface area contributed by atoms with Crippen LogP contribution >= 0.6 is 0 Å². The number of hydrogen-bond donors (Lipinski definition) is 0. The van der Waals surface area contributed by atoms with Gasteiger partial charge in [-0.05, 0) is 12.1 Å². The minimum atomic E-state index is -0.649. The highest BCUT2D eigenvalue weighted by Gasteiger charge is 2.40. The van der Waals surface area contributed by atoms with Gasteiger partial charge in [0.05, 0.1) is 30.4 Å². The van der Waals surface area contributed by atoms with E-state index in [1.165, 1.54) is 22.9 Å². The van der Waals surface area contributed by atoms with Crippen LogP contribution in [-0.2, 0) is 25.6 Å². The van der Waals surface area contributed by atoms with Gasteiger partial charge in [0.1, 0.15) is 6.04 Å². The third kappa shape index (κ3) is 3.45. The average Bonchev–Trinajstić information content (AvgIpc) is 3.11. The van der Waals surface area contributed by atoms with Crippen LogP contribution in [0, 0.1) is 0 Å². The molecule has 3 rings (SSSR count). The molecule has 138 valence electrons. The van der Waals surface area contributed by atoms with E-state index in [0.717, 1.165) is 0 Å². The lowest BCUT2D eigenvalue weighted by Crippen LogP contribution is -2.41. The van der Waals surface area contributed by atoms with E-state index in [9.17, 15) is 14.4 Å².